The quantitative estimate of drug-likeness (QED) is 0.137. The molecule has 14 nitrogen and oxygen atoms in total. The summed E-state index contributed by atoms with van der Waals surface area (Å²) < 4.78 is 21.1. The summed E-state index contributed by atoms with van der Waals surface area (Å²) in [6.07, 6.45) is 0. The number of ether oxygens (including phenoxy) is 1. The van der Waals surface area contributed by atoms with Crippen LogP contribution in [-0.2, 0) is 31.0 Å². The Kier molecular flexibility index (Phi) is 7.11. The number of tetrazole rings is 1. The first-order valence-electron chi connectivity index (χ1n) is 10.4. The SMILES string of the molecule is CO[C@@]1(NC(=O)C(C(=O)O)c2ccc(O)cc2F)C(=O)N2C(C(=O)O)=C(CSc3nnnn3C)CS[C@H]21. The molecule has 1 unspecified atom stereocenters. The standard InChI is InChI=1S/C20H19FN6O8S2/c1-26-19(23-24-25-26)37-7-8-6-36-18-20(35-2,17(34)27(18)13(8)16(32)33)22-14(29)12(15(30)31)10-4-3-9(28)5-11(10)21/h3-5,12,18,28H,6-7H2,1-2H3,(H,22,29)(H,30,31)(H,32,33)/t12?,18-,20-/m0/s1. The molecule has 37 heavy (non-hydrogen) atoms. The van der Waals surface area contributed by atoms with Gasteiger partial charge in [0.15, 0.2) is 5.92 Å². The van der Waals surface area contributed by atoms with E-state index in [9.17, 15) is 38.9 Å². The molecule has 4 N–H and O–H groups in total. The van der Waals surface area contributed by atoms with Crippen LogP contribution in [-0.4, -0.2) is 93.9 Å². The molecule has 4 rings (SSSR count). The van der Waals surface area contributed by atoms with E-state index in [0.717, 1.165) is 35.9 Å². The van der Waals surface area contributed by atoms with Gasteiger partial charge in [-0.25, -0.2) is 13.9 Å². The van der Waals surface area contributed by atoms with Crippen LogP contribution in [0.2, 0.25) is 0 Å². The summed E-state index contributed by atoms with van der Waals surface area (Å²) >= 11 is 2.27. The third kappa shape index (κ3) is 4.49. The fourth-order valence-corrected chi connectivity index (χ4v) is 6.37. The number of halogens is 1. The maximum absolute atomic E-state index is 14.4. The summed E-state index contributed by atoms with van der Waals surface area (Å²) in [5.41, 5.74) is -2.52. The van der Waals surface area contributed by atoms with E-state index in [-0.39, 0.29) is 17.2 Å². The lowest BCUT2D eigenvalue weighted by Crippen LogP contribution is -2.81. The topological polar surface area (TPSA) is 197 Å². The van der Waals surface area contributed by atoms with Crippen LogP contribution in [0.4, 0.5) is 4.39 Å². The van der Waals surface area contributed by atoms with Crippen molar-refractivity contribution < 1.29 is 43.6 Å². The first-order chi connectivity index (χ1) is 17.5. The Hall–Kier alpha value is -3.70. The molecule has 0 radical (unpaired) electrons. The number of amides is 2. The number of aromatic hydroxyl groups is 1. The van der Waals surface area contributed by atoms with Crippen molar-refractivity contribution in [2.24, 2.45) is 7.05 Å². The summed E-state index contributed by atoms with van der Waals surface area (Å²) in [6.45, 7) is 0. The van der Waals surface area contributed by atoms with Gasteiger partial charge in [-0.15, -0.1) is 16.9 Å². The number of hydrogen-bond acceptors (Lipinski definition) is 11. The van der Waals surface area contributed by atoms with Crippen molar-refractivity contribution in [1.82, 2.24) is 30.4 Å². The van der Waals surface area contributed by atoms with Gasteiger partial charge < -0.3 is 25.4 Å². The van der Waals surface area contributed by atoms with E-state index in [1.54, 1.807) is 7.05 Å². The van der Waals surface area contributed by atoms with Crippen molar-refractivity contribution in [3.8, 4) is 5.75 Å². The fraction of sp³-hybridized carbons (Fsp3) is 0.350. The molecule has 0 saturated carbocycles. The summed E-state index contributed by atoms with van der Waals surface area (Å²) in [4.78, 5) is 51.2. The lowest BCUT2D eigenvalue weighted by Gasteiger charge is -2.56. The molecule has 1 saturated heterocycles. The molecule has 2 aromatic rings. The zero-order chi connectivity index (χ0) is 27.1. The van der Waals surface area contributed by atoms with Crippen molar-refractivity contribution in [3.63, 3.8) is 0 Å². The van der Waals surface area contributed by atoms with E-state index >= 15 is 0 Å². The van der Waals surface area contributed by atoms with Crippen LogP contribution in [0.3, 0.4) is 0 Å². The van der Waals surface area contributed by atoms with Gasteiger partial charge in [-0.05, 0) is 22.1 Å². The number of β-lactam (4-membered cyclic amide) rings is 1. The molecular weight excluding hydrogens is 535 g/mol. The fourth-order valence-electron chi connectivity index (χ4n) is 3.94. The van der Waals surface area contributed by atoms with Crippen LogP contribution in [0.25, 0.3) is 0 Å². The van der Waals surface area contributed by atoms with E-state index in [4.69, 9.17) is 4.74 Å². The van der Waals surface area contributed by atoms with Crippen molar-refractivity contribution >= 4 is 47.3 Å². The number of nitrogens with zero attached hydrogens (tertiary/aromatic N) is 5. The number of hydrogen-bond donors (Lipinski definition) is 4. The van der Waals surface area contributed by atoms with Crippen LogP contribution in [0, 0.1) is 5.82 Å². The predicted molar refractivity (Wildman–Crippen MR) is 124 cm³/mol. The number of carbonyl (C=O) groups is 4. The number of thioether (sulfide) groups is 2. The molecule has 196 valence electrons. The lowest BCUT2D eigenvalue weighted by atomic mass is 9.94. The highest BCUT2D eigenvalue weighted by Gasteiger charge is 2.67. The molecule has 2 aliphatic heterocycles. The lowest BCUT2D eigenvalue weighted by molar-refractivity contribution is -0.193. The second-order valence-electron chi connectivity index (χ2n) is 7.88. The van der Waals surface area contributed by atoms with Crippen molar-refractivity contribution in [1.29, 1.82) is 0 Å². The van der Waals surface area contributed by atoms with Crippen LogP contribution < -0.4 is 5.32 Å². The van der Waals surface area contributed by atoms with E-state index in [2.05, 4.69) is 20.8 Å². The molecule has 0 aliphatic carbocycles. The van der Waals surface area contributed by atoms with Gasteiger partial charge in [-0.3, -0.25) is 19.3 Å². The molecule has 1 fully saturated rings. The highest BCUT2D eigenvalue weighted by molar-refractivity contribution is 8.01. The Morgan fingerprint density at radius 3 is 2.68 bits per heavy atom. The Balaban J connectivity index is 1.60. The van der Waals surface area contributed by atoms with E-state index < -0.39 is 57.9 Å². The van der Waals surface area contributed by atoms with Crippen LogP contribution in [0.5, 0.6) is 5.75 Å². The Morgan fingerprint density at radius 2 is 2.11 bits per heavy atom. The largest absolute Gasteiger partial charge is 0.508 e. The number of methoxy groups -OCH3 is 1. The normalized spacial score (nSPS) is 21.8. The highest BCUT2D eigenvalue weighted by Crippen LogP contribution is 2.47. The second-order valence-corrected chi connectivity index (χ2v) is 9.89. The first kappa shape index (κ1) is 26.4. The van der Waals surface area contributed by atoms with E-state index in [1.807, 2.05) is 0 Å². The van der Waals surface area contributed by atoms with Gasteiger partial charge >= 0.3 is 11.9 Å². The average Bonchev–Trinajstić information content (AvgIpc) is 3.26. The molecule has 2 amide bonds. The molecule has 0 spiro atoms. The first-order valence-corrected chi connectivity index (χ1v) is 12.4. The van der Waals surface area contributed by atoms with Crippen molar-refractivity contribution in [3.05, 3.63) is 40.8 Å². The van der Waals surface area contributed by atoms with Crippen LogP contribution >= 0.6 is 23.5 Å². The molecule has 1 aromatic heterocycles. The number of phenols is 1. The maximum Gasteiger partial charge on any atom is 0.352 e. The number of carboxylic acid groups (broad SMARTS) is 2. The zero-order valence-electron chi connectivity index (χ0n) is 19.1. The van der Waals surface area contributed by atoms with Crippen LogP contribution in [0.15, 0.2) is 34.6 Å². The number of rotatable bonds is 9. The molecule has 3 heterocycles. The molecule has 0 bridgehead atoms. The van der Waals surface area contributed by atoms with E-state index in [0.29, 0.717) is 16.8 Å². The molecule has 17 heteroatoms. The van der Waals surface area contributed by atoms with Gasteiger partial charge in [0.05, 0.1) is 0 Å². The van der Waals surface area contributed by atoms with Crippen molar-refractivity contribution in [2.45, 2.75) is 22.2 Å². The van der Waals surface area contributed by atoms with Crippen LogP contribution in [0.1, 0.15) is 11.5 Å². The number of aliphatic carboxylic acids is 2. The molecular formula is C20H19FN6O8S2. The second kappa shape index (κ2) is 9.98. The Bertz CT molecular complexity index is 1340. The number of phenolic OH excluding ortho intramolecular Hbond substituents is 1. The molecule has 2 aliphatic rings. The van der Waals surface area contributed by atoms with Gasteiger partial charge in [0.2, 0.25) is 11.1 Å². The van der Waals surface area contributed by atoms with Crippen molar-refractivity contribution in [2.75, 3.05) is 18.6 Å². The molecule has 1 aromatic carbocycles. The molecule has 3 atom stereocenters. The average molecular weight is 555 g/mol. The zero-order valence-corrected chi connectivity index (χ0v) is 20.7. The number of aryl methyl sites for hydroxylation is 1. The summed E-state index contributed by atoms with van der Waals surface area (Å²) in [6, 6.07) is 2.61. The minimum Gasteiger partial charge on any atom is -0.508 e. The summed E-state index contributed by atoms with van der Waals surface area (Å²) in [5, 5.41) is 41.6. The highest BCUT2D eigenvalue weighted by atomic mass is 32.2. The monoisotopic (exact) mass is 554 g/mol. The summed E-state index contributed by atoms with van der Waals surface area (Å²) in [7, 11) is 2.72. The van der Waals surface area contributed by atoms with E-state index in [1.165, 1.54) is 16.4 Å². The number of benzene rings is 1. The smallest absolute Gasteiger partial charge is 0.352 e. The third-order valence-electron chi connectivity index (χ3n) is 5.70. The van der Waals surface area contributed by atoms with Gasteiger partial charge in [0, 0.05) is 37.3 Å². The summed E-state index contributed by atoms with van der Waals surface area (Å²) in [5.74, 6) is -8.67. The van der Waals surface area contributed by atoms with Gasteiger partial charge in [0.25, 0.3) is 11.6 Å². The third-order valence-corrected chi connectivity index (χ3v) is 8.17. The van der Waals surface area contributed by atoms with Gasteiger partial charge in [0.1, 0.15) is 22.6 Å². The Morgan fingerprint density at radius 1 is 1.38 bits per heavy atom. The maximum atomic E-state index is 14.4. The van der Waals surface area contributed by atoms with Gasteiger partial charge in [-0.2, -0.15) is 0 Å². The van der Waals surface area contributed by atoms with Gasteiger partial charge in [-0.1, -0.05) is 17.8 Å². The Labute approximate surface area is 215 Å². The minimum absolute atomic E-state index is 0.143. The predicted octanol–water partition coefficient (Wildman–Crippen LogP) is -0.272. The number of carboxylic acids is 2. The number of nitrogens with one attached hydrogen (secondary N) is 1. The number of aromatic nitrogens is 4. The minimum atomic E-state index is -2.09. The number of carbonyl (C=O) groups excluding carboxylic acids is 2. The number of fused-ring (bicyclic) bond motifs is 1.